The van der Waals surface area contributed by atoms with E-state index < -0.39 is 0 Å². The first-order valence-electron chi connectivity index (χ1n) is 5.76. The van der Waals surface area contributed by atoms with E-state index in [2.05, 4.69) is 21.6 Å². The first-order valence-corrected chi connectivity index (χ1v) is 5.76. The molecule has 1 unspecified atom stereocenters. The minimum absolute atomic E-state index is 0.830. The molecular formula is C12H20N2. The third kappa shape index (κ3) is 2.29. The summed E-state index contributed by atoms with van der Waals surface area (Å²) in [6, 6.07) is 0.830. The zero-order valence-corrected chi connectivity index (χ0v) is 9.13. The van der Waals surface area contributed by atoms with Crippen molar-refractivity contribution in [3.63, 3.8) is 0 Å². The van der Waals surface area contributed by atoms with Gasteiger partial charge in [-0.3, -0.25) is 9.80 Å². The first-order chi connectivity index (χ1) is 6.90. The summed E-state index contributed by atoms with van der Waals surface area (Å²) >= 11 is 0. The lowest BCUT2D eigenvalue weighted by atomic mass is 10.2. The molecule has 0 bridgehead atoms. The lowest BCUT2D eigenvalue weighted by Crippen LogP contribution is -2.36. The second-order valence-electron chi connectivity index (χ2n) is 4.35. The van der Waals surface area contributed by atoms with Crippen molar-refractivity contribution in [1.82, 2.24) is 9.80 Å². The smallest absolute Gasteiger partial charge is 0.0602 e. The average Bonchev–Trinajstić information content (AvgIpc) is 2.54. The topological polar surface area (TPSA) is 6.48 Å². The summed E-state index contributed by atoms with van der Waals surface area (Å²) in [6.07, 6.45) is 4.12. The van der Waals surface area contributed by atoms with E-state index in [0.717, 1.165) is 12.6 Å². The molecule has 0 saturated carbocycles. The van der Waals surface area contributed by atoms with Gasteiger partial charge < -0.3 is 0 Å². The number of hydrogen-bond acceptors (Lipinski definition) is 2. The Kier molecular flexibility index (Phi) is 3.44. The summed E-state index contributed by atoms with van der Waals surface area (Å²) in [5.74, 6) is 6.17. The molecule has 1 atom stereocenters. The van der Waals surface area contributed by atoms with Gasteiger partial charge in [-0.05, 0) is 39.3 Å². The van der Waals surface area contributed by atoms with Gasteiger partial charge in [0, 0.05) is 19.1 Å². The van der Waals surface area contributed by atoms with E-state index in [4.69, 9.17) is 0 Å². The summed E-state index contributed by atoms with van der Waals surface area (Å²) in [4.78, 5) is 5.19. The van der Waals surface area contributed by atoms with Crippen molar-refractivity contribution in [2.45, 2.75) is 32.2 Å². The number of rotatable bonds is 1. The van der Waals surface area contributed by atoms with Crippen molar-refractivity contribution in [2.75, 3.05) is 32.7 Å². The molecule has 0 radical (unpaired) electrons. The van der Waals surface area contributed by atoms with Gasteiger partial charge in [0.05, 0.1) is 6.54 Å². The predicted octanol–water partition coefficient (Wildman–Crippen LogP) is 1.18. The molecule has 0 aromatic heterocycles. The Hall–Kier alpha value is -0.520. The van der Waals surface area contributed by atoms with E-state index in [1.54, 1.807) is 0 Å². The average molecular weight is 192 g/mol. The standard InChI is InChI=1S/C12H20N2/c1-2-3-7-13-8-5-10-14-9-4-6-12(14)11-13/h12H,4-11H2,1H3. The molecule has 2 nitrogen and oxygen atoms in total. The molecule has 2 rings (SSSR count). The number of nitrogens with zero attached hydrogens (tertiary/aromatic N) is 2. The zero-order chi connectivity index (χ0) is 9.80. The Morgan fingerprint density at radius 2 is 2.07 bits per heavy atom. The van der Waals surface area contributed by atoms with Crippen LogP contribution in [0, 0.1) is 11.8 Å². The SMILES string of the molecule is CC#CCN1CCCN2CCCC2C1. The maximum atomic E-state index is 3.18. The maximum Gasteiger partial charge on any atom is 0.0602 e. The molecule has 2 fully saturated rings. The highest BCUT2D eigenvalue weighted by Gasteiger charge is 2.27. The quantitative estimate of drug-likeness (QED) is 0.576. The summed E-state index contributed by atoms with van der Waals surface area (Å²) in [7, 11) is 0. The highest BCUT2D eigenvalue weighted by molar-refractivity contribution is 4.99. The highest BCUT2D eigenvalue weighted by Crippen LogP contribution is 2.20. The normalized spacial score (nSPS) is 29.1. The van der Waals surface area contributed by atoms with E-state index in [1.165, 1.54) is 45.4 Å². The van der Waals surface area contributed by atoms with Gasteiger partial charge in [-0.2, -0.15) is 0 Å². The third-order valence-electron chi connectivity index (χ3n) is 3.37. The van der Waals surface area contributed by atoms with Crippen LogP contribution in [0.4, 0.5) is 0 Å². The first kappa shape index (κ1) is 10.0. The second-order valence-corrected chi connectivity index (χ2v) is 4.35. The van der Waals surface area contributed by atoms with Crippen molar-refractivity contribution in [3.8, 4) is 11.8 Å². The van der Waals surface area contributed by atoms with Crippen LogP contribution in [-0.4, -0.2) is 48.6 Å². The van der Waals surface area contributed by atoms with Crippen LogP contribution in [-0.2, 0) is 0 Å². The maximum absolute atomic E-state index is 3.18. The van der Waals surface area contributed by atoms with E-state index in [1.807, 2.05) is 6.92 Å². The van der Waals surface area contributed by atoms with Gasteiger partial charge in [0.1, 0.15) is 0 Å². The van der Waals surface area contributed by atoms with E-state index >= 15 is 0 Å². The van der Waals surface area contributed by atoms with Gasteiger partial charge in [-0.1, -0.05) is 5.92 Å². The molecule has 78 valence electrons. The summed E-state index contributed by atoms with van der Waals surface area (Å²) in [6.45, 7) is 8.02. The van der Waals surface area contributed by atoms with Crippen LogP contribution in [0.1, 0.15) is 26.2 Å². The minimum Gasteiger partial charge on any atom is -0.299 e. The fraction of sp³-hybridized carbons (Fsp3) is 0.833. The Morgan fingerprint density at radius 3 is 2.93 bits per heavy atom. The summed E-state index contributed by atoms with van der Waals surface area (Å²) in [5.41, 5.74) is 0. The number of fused-ring (bicyclic) bond motifs is 1. The van der Waals surface area contributed by atoms with Crippen LogP contribution in [0.5, 0.6) is 0 Å². The van der Waals surface area contributed by atoms with E-state index in [9.17, 15) is 0 Å². The van der Waals surface area contributed by atoms with Gasteiger partial charge in [0.15, 0.2) is 0 Å². The Balaban J connectivity index is 1.90. The Morgan fingerprint density at radius 1 is 1.21 bits per heavy atom. The molecule has 0 amide bonds. The fourth-order valence-electron chi connectivity index (χ4n) is 2.62. The largest absolute Gasteiger partial charge is 0.299 e. The molecule has 2 aliphatic heterocycles. The molecular weight excluding hydrogens is 172 g/mol. The summed E-state index contributed by atoms with van der Waals surface area (Å²) < 4.78 is 0. The van der Waals surface area contributed by atoms with Crippen LogP contribution in [0.15, 0.2) is 0 Å². The van der Waals surface area contributed by atoms with Gasteiger partial charge in [0.25, 0.3) is 0 Å². The van der Waals surface area contributed by atoms with Crippen molar-refractivity contribution < 1.29 is 0 Å². The molecule has 2 aliphatic rings. The molecule has 2 heteroatoms. The molecule has 2 saturated heterocycles. The van der Waals surface area contributed by atoms with Crippen molar-refractivity contribution in [2.24, 2.45) is 0 Å². The molecule has 0 aromatic rings. The van der Waals surface area contributed by atoms with Gasteiger partial charge >= 0.3 is 0 Å². The van der Waals surface area contributed by atoms with Crippen LogP contribution >= 0.6 is 0 Å². The monoisotopic (exact) mass is 192 g/mol. The van der Waals surface area contributed by atoms with Crippen LogP contribution < -0.4 is 0 Å². The third-order valence-corrected chi connectivity index (χ3v) is 3.37. The Bertz CT molecular complexity index is 238. The molecule has 14 heavy (non-hydrogen) atoms. The van der Waals surface area contributed by atoms with Crippen molar-refractivity contribution in [3.05, 3.63) is 0 Å². The van der Waals surface area contributed by atoms with Crippen molar-refractivity contribution >= 4 is 0 Å². The molecule has 2 heterocycles. The van der Waals surface area contributed by atoms with Crippen LogP contribution in [0.25, 0.3) is 0 Å². The number of hydrogen-bond donors (Lipinski definition) is 0. The van der Waals surface area contributed by atoms with Crippen molar-refractivity contribution in [1.29, 1.82) is 0 Å². The van der Waals surface area contributed by atoms with Gasteiger partial charge in [-0.15, -0.1) is 5.92 Å². The Labute approximate surface area is 87.3 Å². The van der Waals surface area contributed by atoms with Crippen LogP contribution in [0.3, 0.4) is 0 Å². The summed E-state index contributed by atoms with van der Waals surface area (Å²) in [5, 5.41) is 0. The van der Waals surface area contributed by atoms with Gasteiger partial charge in [-0.25, -0.2) is 0 Å². The van der Waals surface area contributed by atoms with E-state index in [-0.39, 0.29) is 0 Å². The molecule has 0 spiro atoms. The zero-order valence-electron chi connectivity index (χ0n) is 9.13. The molecule has 0 aliphatic carbocycles. The lowest BCUT2D eigenvalue weighted by Gasteiger charge is -2.24. The molecule has 0 aromatic carbocycles. The highest BCUT2D eigenvalue weighted by atomic mass is 15.2. The minimum atomic E-state index is 0.830. The second kappa shape index (κ2) is 4.82. The van der Waals surface area contributed by atoms with Crippen LogP contribution in [0.2, 0.25) is 0 Å². The van der Waals surface area contributed by atoms with Gasteiger partial charge in [0.2, 0.25) is 0 Å². The predicted molar refractivity (Wildman–Crippen MR) is 59.1 cm³/mol. The van der Waals surface area contributed by atoms with E-state index in [0.29, 0.717) is 0 Å². The fourth-order valence-corrected chi connectivity index (χ4v) is 2.62. The molecule has 0 N–H and O–H groups in total. The lowest BCUT2D eigenvalue weighted by molar-refractivity contribution is 0.233.